The summed E-state index contributed by atoms with van der Waals surface area (Å²) < 4.78 is 2.17. The molecule has 3 aromatic carbocycles. The lowest BCUT2D eigenvalue weighted by molar-refractivity contribution is 0.451. The standard InChI is InChI=1S/C26H25N3/c1-21-20-27-29-19-11-18-28(25(21)29)26(22-12-5-2-6-13-22,23-14-7-3-8-15-23)24-16-9-4-10-17-24/h2-10,12-17,20H,11,18-19H2,1H3. The number of benzene rings is 3. The Morgan fingerprint density at radius 3 is 1.66 bits per heavy atom. The van der Waals surface area contributed by atoms with Gasteiger partial charge in [-0.15, -0.1) is 0 Å². The van der Waals surface area contributed by atoms with Crippen LogP contribution in [0.2, 0.25) is 0 Å². The molecule has 3 heteroatoms. The van der Waals surface area contributed by atoms with Gasteiger partial charge in [0.2, 0.25) is 0 Å². The maximum atomic E-state index is 4.68. The fourth-order valence-electron chi connectivity index (χ4n) is 4.80. The van der Waals surface area contributed by atoms with Crippen molar-refractivity contribution in [3.63, 3.8) is 0 Å². The Kier molecular flexibility index (Phi) is 4.44. The maximum Gasteiger partial charge on any atom is 0.131 e. The largest absolute Gasteiger partial charge is 0.339 e. The molecule has 0 spiro atoms. The van der Waals surface area contributed by atoms with Gasteiger partial charge in [0.15, 0.2) is 0 Å². The number of hydrogen-bond acceptors (Lipinski definition) is 2. The van der Waals surface area contributed by atoms with E-state index in [1.165, 1.54) is 28.1 Å². The number of anilines is 1. The van der Waals surface area contributed by atoms with Crippen molar-refractivity contribution in [2.24, 2.45) is 0 Å². The van der Waals surface area contributed by atoms with E-state index in [4.69, 9.17) is 0 Å². The van der Waals surface area contributed by atoms with Crippen molar-refractivity contribution in [3.8, 4) is 0 Å². The topological polar surface area (TPSA) is 21.1 Å². The molecule has 1 aliphatic rings. The van der Waals surface area contributed by atoms with Crippen LogP contribution < -0.4 is 4.90 Å². The summed E-state index contributed by atoms with van der Waals surface area (Å²) in [6.45, 7) is 4.11. The molecule has 0 saturated carbocycles. The molecule has 0 amide bonds. The van der Waals surface area contributed by atoms with Crippen LogP contribution in [0.3, 0.4) is 0 Å². The van der Waals surface area contributed by atoms with Crippen molar-refractivity contribution < 1.29 is 0 Å². The van der Waals surface area contributed by atoms with Crippen LogP contribution in [0.15, 0.2) is 97.2 Å². The molecule has 0 fully saturated rings. The van der Waals surface area contributed by atoms with E-state index in [9.17, 15) is 0 Å². The minimum absolute atomic E-state index is 0.424. The molecule has 2 heterocycles. The van der Waals surface area contributed by atoms with Crippen molar-refractivity contribution in [1.82, 2.24) is 9.78 Å². The number of aromatic nitrogens is 2. The number of fused-ring (bicyclic) bond motifs is 1. The van der Waals surface area contributed by atoms with E-state index in [0.29, 0.717) is 0 Å². The Morgan fingerprint density at radius 1 is 0.690 bits per heavy atom. The van der Waals surface area contributed by atoms with Crippen LogP contribution in [0.25, 0.3) is 0 Å². The van der Waals surface area contributed by atoms with Crippen LogP contribution in [-0.4, -0.2) is 16.3 Å². The second-order valence-corrected chi connectivity index (χ2v) is 7.69. The Morgan fingerprint density at radius 2 is 1.17 bits per heavy atom. The smallest absolute Gasteiger partial charge is 0.131 e. The van der Waals surface area contributed by atoms with Gasteiger partial charge in [-0.1, -0.05) is 91.0 Å². The van der Waals surface area contributed by atoms with Crippen LogP contribution >= 0.6 is 0 Å². The van der Waals surface area contributed by atoms with E-state index < -0.39 is 5.54 Å². The number of rotatable bonds is 4. The molecule has 144 valence electrons. The third-order valence-electron chi connectivity index (χ3n) is 5.97. The van der Waals surface area contributed by atoms with E-state index in [-0.39, 0.29) is 0 Å². The molecule has 5 rings (SSSR count). The van der Waals surface area contributed by atoms with Crippen molar-refractivity contribution in [3.05, 3.63) is 119 Å². The van der Waals surface area contributed by atoms with Crippen molar-refractivity contribution in [2.45, 2.75) is 25.4 Å². The van der Waals surface area contributed by atoms with Gasteiger partial charge >= 0.3 is 0 Å². The zero-order valence-corrected chi connectivity index (χ0v) is 16.7. The first-order chi connectivity index (χ1) is 14.3. The summed E-state index contributed by atoms with van der Waals surface area (Å²) >= 11 is 0. The van der Waals surface area contributed by atoms with Crippen molar-refractivity contribution in [2.75, 3.05) is 11.4 Å². The van der Waals surface area contributed by atoms with Crippen molar-refractivity contribution >= 4 is 5.82 Å². The molecule has 1 aromatic heterocycles. The molecule has 0 aliphatic carbocycles. The van der Waals surface area contributed by atoms with Gasteiger partial charge in [0.05, 0.1) is 6.20 Å². The van der Waals surface area contributed by atoms with Crippen LogP contribution in [0, 0.1) is 6.92 Å². The highest BCUT2D eigenvalue weighted by Gasteiger charge is 2.44. The van der Waals surface area contributed by atoms with Gasteiger partial charge in [-0.2, -0.15) is 5.10 Å². The molecule has 0 saturated heterocycles. The van der Waals surface area contributed by atoms with Gasteiger partial charge in [-0.25, -0.2) is 4.68 Å². The second-order valence-electron chi connectivity index (χ2n) is 7.69. The third-order valence-corrected chi connectivity index (χ3v) is 5.97. The Labute approximate surface area is 172 Å². The van der Waals surface area contributed by atoms with Gasteiger partial charge in [-0.3, -0.25) is 0 Å². The van der Waals surface area contributed by atoms with E-state index >= 15 is 0 Å². The molecule has 1 aliphatic heterocycles. The Bertz CT molecular complexity index is 988. The van der Waals surface area contributed by atoms with Crippen LogP contribution in [0.1, 0.15) is 28.7 Å². The Hall–Kier alpha value is -3.33. The van der Waals surface area contributed by atoms with Crippen molar-refractivity contribution in [1.29, 1.82) is 0 Å². The maximum absolute atomic E-state index is 4.68. The SMILES string of the molecule is Cc1cnn2c1N(C(c1ccccc1)(c1ccccc1)c1ccccc1)CCC2. The summed E-state index contributed by atoms with van der Waals surface area (Å²) in [5.74, 6) is 1.22. The number of aryl methyl sites for hydroxylation is 2. The Balaban J connectivity index is 1.89. The third kappa shape index (κ3) is 2.77. The normalized spacial score (nSPS) is 13.9. The number of nitrogens with zero attached hydrogens (tertiary/aromatic N) is 3. The monoisotopic (exact) mass is 379 g/mol. The van der Waals surface area contributed by atoms with Gasteiger partial charge in [0, 0.05) is 18.7 Å². The molecule has 0 N–H and O–H groups in total. The summed E-state index contributed by atoms with van der Waals surface area (Å²) in [4.78, 5) is 2.57. The van der Waals surface area contributed by atoms with Gasteiger partial charge in [0.1, 0.15) is 11.4 Å². The minimum Gasteiger partial charge on any atom is -0.339 e. The lowest BCUT2D eigenvalue weighted by Gasteiger charge is -2.48. The van der Waals surface area contributed by atoms with Gasteiger partial charge < -0.3 is 4.90 Å². The zero-order valence-electron chi connectivity index (χ0n) is 16.7. The highest BCUT2D eigenvalue weighted by molar-refractivity contribution is 5.63. The number of hydrogen-bond donors (Lipinski definition) is 0. The molecule has 0 bridgehead atoms. The predicted molar refractivity (Wildman–Crippen MR) is 118 cm³/mol. The molecule has 0 radical (unpaired) electrons. The summed E-state index contributed by atoms with van der Waals surface area (Å²) in [6.07, 6.45) is 3.07. The van der Waals surface area contributed by atoms with E-state index in [2.05, 4.69) is 113 Å². The predicted octanol–water partition coefficient (Wildman–Crippen LogP) is 5.39. The first-order valence-corrected chi connectivity index (χ1v) is 10.3. The zero-order chi connectivity index (χ0) is 19.7. The summed E-state index contributed by atoms with van der Waals surface area (Å²) in [5.41, 5.74) is 4.61. The average Bonchev–Trinajstić information content (AvgIpc) is 3.18. The average molecular weight is 380 g/mol. The lowest BCUT2D eigenvalue weighted by Crippen LogP contribution is -2.51. The van der Waals surface area contributed by atoms with E-state index in [1.54, 1.807) is 0 Å². The molecule has 0 unspecified atom stereocenters. The van der Waals surface area contributed by atoms with E-state index in [1.807, 2.05) is 6.20 Å². The quantitative estimate of drug-likeness (QED) is 0.443. The highest BCUT2D eigenvalue weighted by Crippen LogP contribution is 2.46. The van der Waals surface area contributed by atoms with E-state index in [0.717, 1.165) is 19.5 Å². The fourth-order valence-corrected chi connectivity index (χ4v) is 4.80. The minimum atomic E-state index is -0.424. The van der Waals surface area contributed by atoms with Crippen LogP contribution in [0.5, 0.6) is 0 Å². The molecule has 0 atom stereocenters. The summed E-state index contributed by atoms with van der Waals surface area (Å²) in [6, 6.07) is 32.7. The fraction of sp³-hybridized carbons (Fsp3) is 0.192. The summed E-state index contributed by atoms with van der Waals surface area (Å²) in [7, 11) is 0. The molecule has 29 heavy (non-hydrogen) atoms. The molecule has 3 nitrogen and oxygen atoms in total. The van der Waals surface area contributed by atoms with Gasteiger partial charge in [-0.05, 0) is 30.0 Å². The molecular weight excluding hydrogens is 354 g/mol. The van der Waals surface area contributed by atoms with Crippen LogP contribution in [-0.2, 0) is 12.1 Å². The van der Waals surface area contributed by atoms with Gasteiger partial charge in [0.25, 0.3) is 0 Å². The summed E-state index contributed by atoms with van der Waals surface area (Å²) in [5, 5.41) is 4.68. The second kappa shape index (κ2) is 7.25. The first-order valence-electron chi connectivity index (χ1n) is 10.3. The van der Waals surface area contributed by atoms with Crippen LogP contribution in [0.4, 0.5) is 5.82 Å². The molecular formula is C26H25N3. The molecule has 4 aromatic rings. The lowest BCUT2D eigenvalue weighted by atomic mass is 9.75. The highest BCUT2D eigenvalue weighted by atomic mass is 15.4. The first kappa shape index (κ1) is 17.7.